The van der Waals surface area contributed by atoms with E-state index in [1.807, 2.05) is 31.3 Å². The van der Waals surface area contributed by atoms with Gasteiger partial charge in [0.1, 0.15) is 5.82 Å². The van der Waals surface area contributed by atoms with Crippen LogP contribution in [0.25, 0.3) is 17.0 Å². The first-order valence-corrected chi connectivity index (χ1v) is 8.13. The molecule has 1 atom stereocenters. The molecule has 1 aliphatic rings. The molecule has 0 saturated carbocycles. The highest BCUT2D eigenvalue weighted by Crippen LogP contribution is 2.27. The zero-order valence-corrected chi connectivity index (χ0v) is 13.9. The maximum atomic E-state index is 5.89. The van der Waals surface area contributed by atoms with Crippen LogP contribution < -0.4 is 4.90 Å². The molecule has 1 saturated heterocycles. The average molecular weight is 324 g/mol. The van der Waals surface area contributed by atoms with E-state index in [2.05, 4.69) is 27.0 Å². The first kappa shape index (κ1) is 15.0. The van der Waals surface area contributed by atoms with Gasteiger partial charge in [-0.1, -0.05) is 0 Å². The molecule has 1 unspecified atom stereocenters. The second-order valence-corrected chi connectivity index (χ2v) is 6.48. The summed E-state index contributed by atoms with van der Waals surface area (Å²) in [7, 11) is 2.04. The molecule has 1 aliphatic heterocycles. The lowest BCUT2D eigenvalue weighted by Gasteiger charge is -2.29. The second kappa shape index (κ2) is 5.83. The van der Waals surface area contributed by atoms with Crippen molar-refractivity contribution < 1.29 is 4.74 Å². The van der Waals surface area contributed by atoms with Crippen molar-refractivity contribution in [3.63, 3.8) is 0 Å². The summed E-state index contributed by atoms with van der Waals surface area (Å²) >= 11 is 0. The van der Waals surface area contributed by atoms with Gasteiger partial charge in [-0.25, -0.2) is 0 Å². The molecule has 3 aromatic heterocycles. The highest BCUT2D eigenvalue weighted by Gasteiger charge is 2.31. The van der Waals surface area contributed by atoms with Crippen molar-refractivity contribution in [2.24, 2.45) is 0 Å². The number of hydrogen-bond donors (Lipinski definition) is 0. The Hall–Kier alpha value is -2.54. The van der Waals surface area contributed by atoms with Crippen LogP contribution in [-0.4, -0.2) is 50.6 Å². The van der Waals surface area contributed by atoms with Crippen LogP contribution in [0.15, 0.2) is 36.7 Å². The lowest BCUT2D eigenvalue weighted by atomic mass is 10.0. The fourth-order valence-corrected chi connectivity index (χ4v) is 3.20. The first-order chi connectivity index (χ1) is 11.6. The van der Waals surface area contributed by atoms with Gasteiger partial charge in [-0.2, -0.15) is 4.52 Å². The minimum absolute atomic E-state index is 0.106. The maximum Gasteiger partial charge on any atom is 0.187 e. The molecule has 0 aliphatic carbocycles. The van der Waals surface area contributed by atoms with Crippen LogP contribution in [0.1, 0.15) is 19.8 Å². The summed E-state index contributed by atoms with van der Waals surface area (Å²) in [4.78, 5) is 6.27. The number of rotatable bonds is 4. The molecule has 7 nitrogen and oxygen atoms in total. The molecule has 0 spiro atoms. The number of ether oxygens (including phenoxy) is 1. The van der Waals surface area contributed by atoms with Crippen molar-refractivity contribution in [1.82, 2.24) is 24.8 Å². The maximum absolute atomic E-state index is 5.89. The van der Waals surface area contributed by atoms with Crippen LogP contribution in [0, 0.1) is 0 Å². The van der Waals surface area contributed by atoms with Crippen molar-refractivity contribution in [2.75, 3.05) is 25.1 Å². The van der Waals surface area contributed by atoms with Gasteiger partial charge in [-0.05, 0) is 44.0 Å². The molecular weight excluding hydrogens is 304 g/mol. The summed E-state index contributed by atoms with van der Waals surface area (Å²) in [6, 6.07) is 7.73. The molecule has 24 heavy (non-hydrogen) atoms. The number of hydrogen-bond acceptors (Lipinski definition) is 6. The molecule has 0 bridgehead atoms. The lowest BCUT2D eigenvalue weighted by molar-refractivity contribution is 0.0271. The standard InChI is InChI=1S/C17H20N6O/c1-17(8-4-10-24-17)12-22(2)15-7-6-14-19-20-16(23(14)21-15)13-5-3-9-18-11-13/h3,5-7,9,11H,4,8,10,12H2,1-2H3. The van der Waals surface area contributed by atoms with Crippen molar-refractivity contribution in [3.8, 4) is 11.4 Å². The highest BCUT2D eigenvalue weighted by atomic mass is 16.5. The predicted molar refractivity (Wildman–Crippen MR) is 90.9 cm³/mol. The predicted octanol–water partition coefficient (Wildman–Crippen LogP) is 2.19. The Morgan fingerprint density at radius 3 is 2.96 bits per heavy atom. The summed E-state index contributed by atoms with van der Waals surface area (Å²) in [5.74, 6) is 1.56. The summed E-state index contributed by atoms with van der Waals surface area (Å²) in [5, 5.41) is 13.2. The van der Waals surface area contributed by atoms with Crippen LogP contribution in [0.4, 0.5) is 5.82 Å². The van der Waals surface area contributed by atoms with Crippen molar-refractivity contribution in [3.05, 3.63) is 36.7 Å². The summed E-state index contributed by atoms with van der Waals surface area (Å²) in [6.45, 7) is 3.80. The van der Waals surface area contributed by atoms with E-state index >= 15 is 0 Å². The third-order valence-electron chi connectivity index (χ3n) is 4.43. The summed E-state index contributed by atoms with van der Waals surface area (Å²) in [6.07, 6.45) is 5.70. The smallest absolute Gasteiger partial charge is 0.187 e. The van der Waals surface area contributed by atoms with Gasteiger partial charge in [0.15, 0.2) is 11.5 Å². The van der Waals surface area contributed by atoms with Crippen LogP contribution in [0.2, 0.25) is 0 Å². The van der Waals surface area contributed by atoms with E-state index < -0.39 is 0 Å². The van der Waals surface area contributed by atoms with E-state index in [4.69, 9.17) is 9.84 Å². The summed E-state index contributed by atoms with van der Waals surface area (Å²) < 4.78 is 7.65. The normalized spacial score (nSPS) is 20.6. The molecule has 7 heteroatoms. The van der Waals surface area contributed by atoms with E-state index in [0.29, 0.717) is 11.5 Å². The number of likely N-dealkylation sites (N-methyl/N-ethyl adjacent to an activating group) is 1. The van der Waals surface area contributed by atoms with Crippen LogP contribution in [-0.2, 0) is 4.74 Å². The lowest BCUT2D eigenvalue weighted by Crippen LogP contribution is -2.39. The molecule has 1 fully saturated rings. The van der Waals surface area contributed by atoms with Crippen LogP contribution in [0.5, 0.6) is 0 Å². The van der Waals surface area contributed by atoms with E-state index in [0.717, 1.165) is 37.4 Å². The number of fused-ring (bicyclic) bond motifs is 1. The molecule has 4 heterocycles. The van der Waals surface area contributed by atoms with Gasteiger partial charge in [0.25, 0.3) is 0 Å². The zero-order valence-electron chi connectivity index (χ0n) is 13.9. The fraction of sp³-hybridized carbons (Fsp3) is 0.412. The van der Waals surface area contributed by atoms with Crippen LogP contribution >= 0.6 is 0 Å². The molecule has 0 aromatic carbocycles. The Morgan fingerprint density at radius 2 is 2.21 bits per heavy atom. The van der Waals surface area contributed by atoms with Crippen molar-refractivity contribution in [1.29, 1.82) is 0 Å². The Balaban J connectivity index is 1.67. The van der Waals surface area contributed by atoms with E-state index in [9.17, 15) is 0 Å². The molecule has 0 N–H and O–H groups in total. The number of aromatic nitrogens is 5. The zero-order chi connectivity index (χ0) is 16.6. The summed E-state index contributed by atoms with van der Waals surface area (Å²) in [5.41, 5.74) is 1.50. The third kappa shape index (κ3) is 2.71. The van der Waals surface area contributed by atoms with E-state index in [1.54, 1.807) is 16.9 Å². The topological polar surface area (TPSA) is 68.4 Å². The minimum atomic E-state index is -0.106. The highest BCUT2D eigenvalue weighted by molar-refractivity contribution is 5.58. The number of nitrogens with zero attached hydrogens (tertiary/aromatic N) is 6. The van der Waals surface area contributed by atoms with Gasteiger partial charge in [0.05, 0.1) is 5.60 Å². The monoisotopic (exact) mass is 324 g/mol. The largest absolute Gasteiger partial charge is 0.373 e. The number of anilines is 1. The van der Waals surface area contributed by atoms with Crippen LogP contribution in [0.3, 0.4) is 0 Å². The number of pyridine rings is 1. The molecular formula is C17H20N6O. The minimum Gasteiger partial charge on any atom is -0.373 e. The average Bonchev–Trinajstić information content (AvgIpc) is 3.21. The van der Waals surface area contributed by atoms with Gasteiger partial charge in [0, 0.05) is 38.2 Å². The molecule has 0 radical (unpaired) electrons. The van der Waals surface area contributed by atoms with Gasteiger partial charge in [-0.3, -0.25) is 4.98 Å². The third-order valence-corrected chi connectivity index (χ3v) is 4.43. The van der Waals surface area contributed by atoms with Gasteiger partial charge < -0.3 is 9.64 Å². The van der Waals surface area contributed by atoms with E-state index in [1.165, 1.54) is 0 Å². The van der Waals surface area contributed by atoms with Gasteiger partial charge in [-0.15, -0.1) is 15.3 Å². The van der Waals surface area contributed by atoms with E-state index in [-0.39, 0.29) is 5.60 Å². The Bertz CT molecular complexity index is 841. The quantitative estimate of drug-likeness (QED) is 0.733. The Kier molecular flexibility index (Phi) is 3.65. The fourth-order valence-electron chi connectivity index (χ4n) is 3.20. The molecule has 124 valence electrons. The van der Waals surface area contributed by atoms with Crippen molar-refractivity contribution >= 4 is 11.5 Å². The SMILES string of the molecule is CN(CC1(C)CCCO1)c1ccc2nnc(-c3cccnc3)n2n1. The van der Waals surface area contributed by atoms with Gasteiger partial charge >= 0.3 is 0 Å². The Labute approximate surface area is 140 Å². The first-order valence-electron chi connectivity index (χ1n) is 8.13. The van der Waals surface area contributed by atoms with Gasteiger partial charge in [0.2, 0.25) is 0 Å². The van der Waals surface area contributed by atoms with Crippen molar-refractivity contribution in [2.45, 2.75) is 25.4 Å². The molecule has 0 amide bonds. The Morgan fingerprint density at radius 1 is 1.29 bits per heavy atom. The molecule has 3 aromatic rings. The molecule has 4 rings (SSSR count). The second-order valence-electron chi connectivity index (χ2n) is 6.48.